The van der Waals surface area contributed by atoms with Crippen molar-refractivity contribution >= 4 is 0 Å². The second kappa shape index (κ2) is 4.52. The molecule has 0 aromatic carbocycles. The molecule has 5 heteroatoms. The quantitative estimate of drug-likeness (QED) is 0.715. The average Bonchev–Trinajstić information content (AvgIpc) is 2.53. The Morgan fingerprint density at radius 3 is 2.79 bits per heavy atom. The summed E-state index contributed by atoms with van der Waals surface area (Å²) >= 11 is 0. The molecule has 0 saturated heterocycles. The fourth-order valence-corrected chi connectivity index (χ4v) is 1.02. The number of rotatable bonds is 5. The molecule has 0 aliphatic heterocycles. The molecule has 1 heterocycles. The van der Waals surface area contributed by atoms with Gasteiger partial charge in [-0.2, -0.15) is 4.98 Å². The highest BCUT2D eigenvalue weighted by Gasteiger charge is 2.27. The van der Waals surface area contributed by atoms with Gasteiger partial charge < -0.3 is 15.0 Å². The summed E-state index contributed by atoms with van der Waals surface area (Å²) in [4.78, 5) is 4.08. The van der Waals surface area contributed by atoms with E-state index in [1.807, 2.05) is 13.8 Å². The van der Waals surface area contributed by atoms with E-state index in [1.165, 1.54) is 0 Å². The third kappa shape index (κ3) is 2.78. The van der Waals surface area contributed by atoms with Gasteiger partial charge in [0.25, 0.3) is 0 Å². The average molecular weight is 199 g/mol. The van der Waals surface area contributed by atoms with Crippen molar-refractivity contribution in [2.24, 2.45) is 5.73 Å². The summed E-state index contributed by atoms with van der Waals surface area (Å²) in [6.45, 7) is 6.71. The van der Waals surface area contributed by atoms with Gasteiger partial charge in [-0.05, 0) is 13.3 Å². The molecule has 1 rings (SSSR count). The predicted octanol–water partition coefficient (Wildman–Crippen LogP) is 0.979. The lowest BCUT2D eigenvalue weighted by Crippen LogP contribution is -2.39. The Morgan fingerprint density at radius 1 is 1.57 bits per heavy atom. The molecular formula is C9H17N3O2. The molecule has 0 bridgehead atoms. The summed E-state index contributed by atoms with van der Waals surface area (Å²) in [5.74, 6) is 1.01. The van der Waals surface area contributed by atoms with Gasteiger partial charge in [0.05, 0.1) is 6.61 Å². The van der Waals surface area contributed by atoms with Gasteiger partial charge in [-0.25, -0.2) is 0 Å². The van der Waals surface area contributed by atoms with E-state index >= 15 is 0 Å². The van der Waals surface area contributed by atoms with E-state index in [0.29, 0.717) is 24.9 Å². The van der Waals surface area contributed by atoms with E-state index in [9.17, 15) is 0 Å². The number of aromatic nitrogens is 2. The summed E-state index contributed by atoms with van der Waals surface area (Å²) < 4.78 is 10.2. The molecule has 0 radical (unpaired) electrons. The van der Waals surface area contributed by atoms with Crippen LogP contribution in [0.5, 0.6) is 0 Å². The fourth-order valence-electron chi connectivity index (χ4n) is 1.02. The van der Waals surface area contributed by atoms with Gasteiger partial charge in [-0.3, -0.25) is 0 Å². The van der Waals surface area contributed by atoms with Crippen molar-refractivity contribution in [3.63, 3.8) is 0 Å². The highest BCUT2D eigenvalue weighted by atomic mass is 16.5. The minimum absolute atomic E-state index is 0.403. The van der Waals surface area contributed by atoms with Gasteiger partial charge >= 0.3 is 0 Å². The Bertz CT molecular complexity index is 283. The first-order chi connectivity index (χ1) is 6.56. The molecule has 0 aliphatic rings. The maximum atomic E-state index is 5.98. The first kappa shape index (κ1) is 11.1. The first-order valence-corrected chi connectivity index (χ1v) is 4.73. The van der Waals surface area contributed by atoms with E-state index in [1.54, 1.807) is 6.92 Å². The molecule has 0 spiro atoms. The predicted molar refractivity (Wildman–Crippen MR) is 51.7 cm³/mol. The Kier molecular flexibility index (Phi) is 3.60. The third-order valence-electron chi connectivity index (χ3n) is 1.79. The van der Waals surface area contributed by atoms with Crippen LogP contribution in [-0.2, 0) is 10.3 Å². The van der Waals surface area contributed by atoms with Crippen LogP contribution >= 0.6 is 0 Å². The number of hydrogen-bond donors (Lipinski definition) is 1. The molecule has 14 heavy (non-hydrogen) atoms. The van der Waals surface area contributed by atoms with E-state index in [0.717, 1.165) is 6.42 Å². The molecule has 2 N–H and O–H groups in total. The highest BCUT2D eigenvalue weighted by molar-refractivity contribution is 5.00. The van der Waals surface area contributed by atoms with Crippen molar-refractivity contribution in [2.75, 3.05) is 13.2 Å². The van der Waals surface area contributed by atoms with Gasteiger partial charge in [-0.1, -0.05) is 12.1 Å². The number of ether oxygens (including phenoxy) is 1. The third-order valence-corrected chi connectivity index (χ3v) is 1.79. The zero-order valence-corrected chi connectivity index (χ0v) is 8.91. The summed E-state index contributed by atoms with van der Waals surface area (Å²) in [6.07, 6.45) is 0.974. The van der Waals surface area contributed by atoms with Crippen LogP contribution in [0, 0.1) is 6.92 Å². The maximum absolute atomic E-state index is 5.98. The number of hydrogen-bond acceptors (Lipinski definition) is 5. The summed E-state index contributed by atoms with van der Waals surface area (Å²) in [7, 11) is 0. The van der Waals surface area contributed by atoms with Gasteiger partial charge in [0.15, 0.2) is 5.82 Å². The lowest BCUT2D eigenvalue weighted by molar-refractivity contribution is 0.0867. The molecule has 5 nitrogen and oxygen atoms in total. The van der Waals surface area contributed by atoms with Crippen LogP contribution in [0.1, 0.15) is 32.0 Å². The van der Waals surface area contributed by atoms with Crippen LogP contribution in [0.3, 0.4) is 0 Å². The number of nitrogens with two attached hydrogens (primary N) is 1. The largest absolute Gasteiger partial charge is 0.379 e. The zero-order valence-electron chi connectivity index (χ0n) is 8.91. The molecule has 1 unspecified atom stereocenters. The van der Waals surface area contributed by atoms with Crippen LogP contribution in [0.4, 0.5) is 0 Å². The van der Waals surface area contributed by atoms with Crippen molar-refractivity contribution in [1.82, 2.24) is 10.1 Å². The molecule has 80 valence electrons. The molecule has 0 saturated carbocycles. The maximum Gasteiger partial charge on any atom is 0.223 e. The standard InChI is InChI=1S/C9H17N3O2/c1-4-5-13-6-9(3,10)8-11-7(2)14-12-8/h4-6,10H2,1-3H3. The van der Waals surface area contributed by atoms with Crippen LogP contribution < -0.4 is 5.73 Å². The topological polar surface area (TPSA) is 74.2 Å². The molecule has 1 atom stereocenters. The zero-order chi connectivity index (χ0) is 10.6. The van der Waals surface area contributed by atoms with Crippen LogP contribution in [0.2, 0.25) is 0 Å². The van der Waals surface area contributed by atoms with Crippen molar-refractivity contribution in [3.05, 3.63) is 11.7 Å². The van der Waals surface area contributed by atoms with E-state index < -0.39 is 5.54 Å². The van der Waals surface area contributed by atoms with Crippen LogP contribution in [0.15, 0.2) is 4.52 Å². The van der Waals surface area contributed by atoms with Gasteiger partial charge in [0.1, 0.15) is 5.54 Å². The molecular weight excluding hydrogens is 182 g/mol. The minimum Gasteiger partial charge on any atom is -0.379 e. The lowest BCUT2D eigenvalue weighted by atomic mass is 10.1. The van der Waals surface area contributed by atoms with Gasteiger partial charge in [0, 0.05) is 13.5 Å². The van der Waals surface area contributed by atoms with Crippen LogP contribution in [-0.4, -0.2) is 23.4 Å². The minimum atomic E-state index is -0.674. The monoisotopic (exact) mass is 199 g/mol. The molecule has 1 aromatic heterocycles. The second-order valence-corrected chi connectivity index (χ2v) is 3.61. The Balaban J connectivity index is 2.56. The van der Waals surface area contributed by atoms with E-state index in [-0.39, 0.29) is 0 Å². The first-order valence-electron chi connectivity index (χ1n) is 4.73. The van der Waals surface area contributed by atoms with Crippen molar-refractivity contribution in [1.29, 1.82) is 0 Å². The van der Waals surface area contributed by atoms with Crippen molar-refractivity contribution in [2.45, 2.75) is 32.7 Å². The van der Waals surface area contributed by atoms with E-state index in [4.69, 9.17) is 15.0 Å². The smallest absolute Gasteiger partial charge is 0.223 e. The number of aryl methyl sites for hydroxylation is 1. The van der Waals surface area contributed by atoms with Crippen LogP contribution in [0.25, 0.3) is 0 Å². The van der Waals surface area contributed by atoms with E-state index in [2.05, 4.69) is 10.1 Å². The molecule has 0 fully saturated rings. The Labute approximate surface area is 83.6 Å². The second-order valence-electron chi connectivity index (χ2n) is 3.61. The number of nitrogens with zero attached hydrogens (tertiary/aromatic N) is 2. The fraction of sp³-hybridized carbons (Fsp3) is 0.778. The molecule has 0 aliphatic carbocycles. The van der Waals surface area contributed by atoms with Gasteiger partial charge in [-0.15, -0.1) is 0 Å². The Morgan fingerprint density at radius 2 is 2.29 bits per heavy atom. The van der Waals surface area contributed by atoms with Crippen molar-refractivity contribution < 1.29 is 9.26 Å². The normalized spacial score (nSPS) is 15.4. The highest BCUT2D eigenvalue weighted by Crippen LogP contribution is 2.14. The molecule has 0 amide bonds. The summed E-state index contributed by atoms with van der Waals surface area (Å²) in [5, 5.41) is 3.78. The van der Waals surface area contributed by atoms with Gasteiger partial charge in [0.2, 0.25) is 5.89 Å². The summed E-state index contributed by atoms with van der Waals surface area (Å²) in [5.41, 5.74) is 5.31. The lowest BCUT2D eigenvalue weighted by Gasteiger charge is -2.19. The van der Waals surface area contributed by atoms with Crippen molar-refractivity contribution in [3.8, 4) is 0 Å². The SMILES string of the molecule is CCCOCC(C)(N)c1noc(C)n1. The summed E-state index contributed by atoms with van der Waals surface area (Å²) in [6, 6.07) is 0. The molecule has 1 aromatic rings. The Hall–Kier alpha value is -0.940.